The number of benzene rings is 3. The van der Waals surface area contributed by atoms with Crippen LogP contribution in [0.2, 0.25) is 0 Å². The molecule has 192 valence electrons. The van der Waals surface area contributed by atoms with Gasteiger partial charge in [0.25, 0.3) is 0 Å². The molecule has 4 nitrogen and oxygen atoms in total. The maximum atomic E-state index is 13.6. The van der Waals surface area contributed by atoms with E-state index in [-0.39, 0.29) is 16.4 Å². The number of thiophene rings is 1. The van der Waals surface area contributed by atoms with E-state index >= 15 is 0 Å². The van der Waals surface area contributed by atoms with E-state index in [1.807, 2.05) is 24.3 Å². The number of phenolic OH excluding ortho intramolecular Hbond substituents is 1. The molecule has 8 heteroatoms. The second kappa shape index (κ2) is 10.2. The normalized spacial score (nSPS) is 16.4. The number of ketones is 1. The van der Waals surface area contributed by atoms with Crippen LogP contribution in [0.5, 0.6) is 17.2 Å². The number of alkyl halides is 3. The number of aromatic hydroxyl groups is 1. The number of halogens is 3. The van der Waals surface area contributed by atoms with Crippen molar-refractivity contribution in [2.45, 2.75) is 25.9 Å². The Hall–Kier alpha value is -3.36. The molecule has 0 saturated carbocycles. The Labute approximate surface area is 216 Å². The summed E-state index contributed by atoms with van der Waals surface area (Å²) in [5.41, 5.74) is -0.285. The second-order valence-electron chi connectivity index (χ2n) is 9.50. The van der Waals surface area contributed by atoms with Crippen molar-refractivity contribution in [3.63, 3.8) is 0 Å². The lowest BCUT2D eigenvalue weighted by molar-refractivity contribution is -0.137. The molecule has 1 aliphatic rings. The summed E-state index contributed by atoms with van der Waals surface area (Å²) in [6, 6.07) is 16.8. The first-order valence-corrected chi connectivity index (χ1v) is 13.0. The maximum Gasteiger partial charge on any atom is 0.417 e. The molecule has 0 amide bonds. The molecule has 0 bridgehead atoms. The zero-order valence-corrected chi connectivity index (χ0v) is 21.0. The minimum absolute atomic E-state index is 0.00765. The van der Waals surface area contributed by atoms with Gasteiger partial charge in [-0.05, 0) is 67.3 Å². The molecule has 1 aromatic heterocycles. The average molecular weight is 526 g/mol. The highest BCUT2D eigenvalue weighted by atomic mass is 32.1. The van der Waals surface area contributed by atoms with Crippen LogP contribution in [0.1, 0.15) is 39.7 Å². The number of hydrogen-bond acceptors (Lipinski definition) is 5. The van der Waals surface area contributed by atoms with Crippen LogP contribution >= 0.6 is 11.3 Å². The van der Waals surface area contributed by atoms with Crippen LogP contribution < -0.4 is 4.74 Å². The van der Waals surface area contributed by atoms with Gasteiger partial charge in [0.1, 0.15) is 16.4 Å². The van der Waals surface area contributed by atoms with Crippen LogP contribution in [-0.4, -0.2) is 35.4 Å². The van der Waals surface area contributed by atoms with Gasteiger partial charge in [-0.2, -0.15) is 13.2 Å². The Morgan fingerprint density at radius 3 is 2.57 bits per heavy atom. The average Bonchev–Trinajstić information content (AvgIpc) is 3.45. The Kier molecular flexibility index (Phi) is 6.96. The van der Waals surface area contributed by atoms with Crippen LogP contribution in [0.15, 0.2) is 66.7 Å². The lowest BCUT2D eigenvalue weighted by Gasteiger charge is -2.15. The SMILES string of the molecule is C[C@H]1CCN(CCc2ccc(Oc3c(C(=O)c4ccccc4C(F)(F)F)sc4cc(O)ccc34)cc2)C1. The summed E-state index contributed by atoms with van der Waals surface area (Å²) in [6.07, 6.45) is -2.54. The van der Waals surface area contributed by atoms with E-state index in [9.17, 15) is 23.1 Å². The molecule has 1 saturated heterocycles. The Morgan fingerprint density at radius 2 is 1.86 bits per heavy atom. The van der Waals surface area contributed by atoms with Gasteiger partial charge in [0.15, 0.2) is 5.75 Å². The largest absolute Gasteiger partial charge is 0.508 e. The van der Waals surface area contributed by atoms with Gasteiger partial charge in [-0.25, -0.2) is 0 Å². The highest BCUT2D eigenvalue weighted by molar-refractivity contribution is 7.21. The first kappa shape index (κ1) is 25.3. The minimum atomic E-state index is -4.68. The molecule has 0 radical (unpaired) electrons. The molecule has 5 rings (SSSR count). The summed E-state index contributed by atoms with van der Waals surface area (Å²) >= 11 is 0.998. The van der Waals surface area contributed by atoms with Crippen molar-refractivity contribution in [3.05, 3.63) is 88.3 Å². The highest BCUT2D eigenvalue weighted by Gasteiger charge is 2.36. The predicted molar refractivity (Wildman–Crippen MR) is 139 cm³/mol. The van der Waals surface area contributed by atoms with Crippen LogP contribution in [0.4, 0.5) is 13.2 Å². The summed E-state index contributed by atoms with van der Waals surface area (Å²) in [4.78, 5) is 15.9. The molecule has 1 fully saturated rings. The van der Waals surface area contributed by atoms with E-state index < -0.39 is 23.1 Å². The number of likely N-dealkylation sites (tertiary alicyclic amines) is 1. The minimum Gasteiger partial charge on any atom is -0.508 e. The van der Waals surface area contributed by atoms with E-state index in [1.54, 1.807) is 6.07 Å². The van der Waals surface area contributed by atoms with Crippen LogP contribution in [0.3, 0.4) is 0 Å². The van der Waals surface area contributed by atoms with E-state index in [0.717, 1.165) is 54.9 Å². The van der Waals surface area contributed by atoms with Crippen LogP contribution in [0.25, 0.3) is 10.1 Å². The predicted octanol–water partition coefficient (Wildman–Crippen LogP) is 7.53. The molecule has 1 aliphatic heterocycles. The molecule has 0 unspecified atom stereocenters. The van der Waals surface area contributed by atoms with Crippen molar-refractivity contribution < 1.29 is 27.8 Å². The smallest absolute Gasteiger partial charge is 0.417 e. The van der Waals surface area contributed by atoms with Crippen LogP contribution in [0, 0.1) is 5.92 Å². The number of phenols is 1. The fourth-order valence-corrected chi connectivity index (χ4v) is 5.84. The van der Waals surface area contributed by atoms with Gasteiger partial charge >= 0.3 is 6.18 Å². The first-order chi connectivity index (χ1) is 17.7. The third-order valence-electron chi connectivity index (χ3n) is 6.68. The van der Waals surface area contributed by atoms with Gasteiger partial charge < -0.3 is 14.7 Å². The van der Waals surface area contributed by atoms with Gasteiger partial charge in [0, 0.05) is 28.7 Å². The number of fused-ring (bicyclic) bond motifs is 1. The fraction of sp³-hybridized carbons (Fsp3) is 0.276. The molecule has 0 spiro atoms. The van der Waals surface area contributed by atoms with Crippen LogP contribution in [-0.2, 0) is 12.6 Å². The summed E-state index contributed by atoms with van der Waals surface area (Å²) in [6.45, 7) is 5.50. The maximum absolute atomic E-state index is 13.6. The Bertz CT molecular complexity index is 1430. The first-order valence-electron chi connectivity index (χ1n) is 12.1. The van der Waals surface area contributed by atoms with Crippen molar-refractivity contribution in [3.8, 4) is 17.2 Å². The zero-order valence-electron chi connectivity index (χ0n) is 20.2. The fourth-order valence-electron chi connectivity index (χ4n) is 4.72. The zero-order chi connectivity index (χ0) is 26.2. The second-order valence-corrected chi connectivity index (χ2v) is 10.6. The third kappa shape index (κ3) is 5.50. The van der Waals surface area contributed by atoms with E-state index in [4.69, 9.17) is 4.74 Å². The topological polar surface area (TPSA) is 49.8 Å². The molecule has 3 aromatic carbocycles. The molecule has 4 aromatic rings. The van der Waals surface area contributed by atoms with E-state index in [2.05, 4.69) is 11.8 Å². The summed E-state index contributed by atoms with van der Waals surface area (Å²) in [7, 11) is 0. The quantitative estimate of drug-likeness (QED) is 0.253. The molecule has 1 atom stereocenters. The number of nitrogens with zero attached hydrogens (tertiary/aromatic N) is 1. The number of ether oxygens (including phenoxy) is 1. The molecular formula is C29H26F3NO3S. The van der Waals surface area contributed by atoms with Crippen molar-refractivity contribution in [1.29, 1.82) is 0 Å². The molecule has 37 heavy (non-hydrogen) atoms. The van der Waals surface area contributed by atoms with E-state index in [1.165, 1.54) is 36.8 Å². The molecular weight excluding hydrogens is 499 g/mol. The summed E-state index contributed by atoms with van der Waals surface area (Å²) in [5.74, 6) is 0.607. The standard InChI is InChI=1S/C29H26F3NO3S/c1-18-12-14-33(17-18)15-13-19-6-9-21(10-7-19)36-27-23-11-8-20(34)16-25(23)37-28(27)26(35)22-4-2-3-5-24(22)29(30,31)32/h2-11,16,18,34H,12-15,17H2,1H3/t18-/m0/s1. The van der Waals surface area contributed by atoms with Gasteiger partial charge in [-0.1, -0.05) is 37.3 Å². The molecule has 0 aliphatic carbocycles. The molecule has 1 N–H and O–H groups in total. The third-order valence-corrected chi connectivity index (χ3v) is 7.81. The lowest BCUT2D eigenvalue weighted by Crippen LogP contribution is -2.22. The summed E-state index contributed by atoms with van der Waals surface area (Å²) < 4.78 is 47.6. The number of hydrogen-bond donors (Lipinski definition) is 1. The lowest BCUT2D eigenvalue weighted by atomic mass is 10.0. The van der Waals surface area contributed by atoms with Crippen molar-refractivity contribution in [2.24, 2.45) is 5.92 Å². The van der Waals surface area contributed by atoms with Gasteiger partial charge in [-0.3, -0.25) is 4.79 Å². The van der Waals surface area contributed by atoms with E-state index in [0.29, 0.717) is 15.8 Å². The number of rotatable bonds is 7. The monoisotopic (exact) mass is 525 g/mol. The Morgan fingerprint density at radius 1 is 1.11 bits per heavy atom. The molecule has 2 heterocycles. The van der Waals surface area contributed by atoms with Gasteiger partial charge in [0.05, 0.1) is 5.56 Å². The van der Waals surface area contributed by atoms with Gasteiger partial charge in [-0.15, -0.1) is 11.3 Å². The number of carbonyl (C=O) groups is 1. The van der Waals surface area contributed by atoms with Crippen molar-refractivity contribution in [2.75, 3.05) is 19.6 Å². The Balaban J connectivity index is 1.44. The highest BCUT2D eigenvalue weighted by Crippen LogP contribution is 2.44. The van der Waals surface area contributed by atoms with Crippen molar-refractivity contribution in [1.82, 2.24) is 4.90 Å². The number of carbonyl (C=O) groups excluding carboxylic acids is 1. The summed E-state index contributed by atoms with van der Waals surface area (Å²) in [5, 5.41) is 10.5. The van der Waals surface area contributed by atoms with Crippen molar-refractivity contribution >= 4 is 27.2 Å². The van der Waals surface area contributed by atoms with Gasteiger partial charge in [0.2, 0.25) is 5.78 Å².